The maximum absolute atomic E-state index is 3.93. The first kappa shape index (κ1) is 24.6. The van der Waals surface area contributed by atoms with Crippen LogP contribution in [0.4, 0.5) is 0 Å². The monoisotopic (exact) mass is 457 g/mol. The Labute approximate surface area is 205 Å². The second kappa shape index (κ2) is 10.9. The highest BCUT2D eigenvalue weighted by Gasteiger charge is 2.46. The Morgan fingerprint density at radius 2 is 0.909 bits per heavy atom. The van der Waals surface area contributed by atoms with E-state index in [9.17, 15) is 0 Å². The molecule has 0 aromatic rings. The average molecular weight is 458 g/mol. The van der Waals surface area contributed by atoms with Crippen molar-refractivity contribution in [2.45, 2.75) is 155 Å². The summed E-state index contributed by atoms with van der Waals surface area (Å²) in [7, 11) is 0. The molecule has 2 N–H and O–H groups in total. The van der Waals surface area contributed by atoms with E-state index < -0.39 is 0 Å². The molecule has 0 aromatic carbocycles. The van der Waals surface area contributed by atoms with Gasteiger partial charge < -0.3 is 0 Å². The highest BCUT2D eigenvalue weighted by Crippen LogP contribution is 2.45. The Bertz CT molecular complexity index is 584. The van der Waals surface area contributed by atoms with E-state index in [2.05, 4.69) is 36.5 Å². The lowest BCUT2D eigenvalue weighted by Gasteiger charge is -2.46. The molecule has 2 unspecified atom stereocenters. The van der Waals surface area contributed by atoms with Gasteiger partial charge in [-0.25, -0.2) is 10.9 Å². The lowest BCUT2D eigenvalue weighted by molar-refractivity contribution is 0.00752. The molecule has 33 heavy (non-hydrogen) atoms. The quantitative estimate of drug-likeness (QED) is 0.454. The zero-order valence-corrected chi connectivity index (χ0v) is 22.3. The van der Waals surface area contributed by atoms with Crippen molar-refractivity contribution in [3.63, 3.8) is 0 Å². The molecule has 3 nitrogen and oxygen atoms in total. The van der Waals surface area contributed by atoms with Crippen LogP contribution in [0.5, 0.6) is 0 Å². The zero-order valence-electron chi connectivity index (χ0n) is 22.3. The molecule has 2 atom stereocenters. The van der Waals surface area contributed by atoms with Crippen molar-refractivity contribution in [1.82, 2.24) is 15.8 Å². The second-order valence-electron chi connectivity index (χ2n) is 14.0. The van der Waals surface area contributed by atoms with Crippen molar-refractivity contribution < 1.29 is 0 Å². The minimum absolute atomic E-state index is 0.481. The largest absolute Gasteiger partial charge is 0.267 e. The first-order valence-corrected chi connectivity index (χ1v) is 15.3. The average Bonchev–Trinajstić information content (AvgIpc) is 3.30. The number of rotatable bonds is 4. The van der Waals surface area contributed by atoms with Crippen LogP contribution in [0.1, 0.15) is 136 Å². The third kappa shape index (κ3) is 5.67. The van der Waals surface area contributed by atoms with Gasteiger partial charge in [0, 0.05) is 6.04 Å². The molecular weight excluding hydrogens is 402 g/mol. The lowest BCUT2D eigenvalue weighted by Crippen LogP contribution is -2.53. The van der Waals surface area contributed by atoms with E-state index >= 15 is 0 Å². The van der Waals surface area contributed by atoms with Crippen molar-refractivity contribution >= 4 is 0 Å². The SMILES string of the molecule is CC(C)(C)C1CCC(C2NNC(C3CCC(C4CCCCC4)CC3)N2C2CCCCC2)CC1. The van der Waals surface area contributed by atoms with Crippen LogP contribution < -0.4 is 10.9 Å². The fraction of sp³-hybridized carbons (Fsp3) is 1.00. The van der Waals surface area contributed by atoms with Crippen LogP contribution in [-0.2, 0) is 0 Å². The van der Waals surface area contributed by atoms with Crippen molar-refractivity contribution in [3.8, 4) is 0 Å². The maximum atomic E-state index is 3.93. The summed E-state index contributed by atoms with van der Waals surface area (Å²) in [4.78, 5) is 3.03. The third-order valence-electron chi connectivity index (χ3n) is 11.0. The summed E-state index contributed by atoms with van der Waals surface area (Å²) >= 11 is 0. The van der Waals surface area contributed by atoms with Gasteiger partial charge in [-0.2, -0.15) is 0 Å². The van der Waals surface area contributed by atoms with Gasteiger partial charge in [0.25, 0.3) is 0 Å². The summed E-state index contributed by atoms with van der Waals surface area (Å²) in [5.74, 6) is 4.71. The van der Waals surface area contributed by atoms with Crippen LogP contribution in [0.25, 0.3) is 0 Å². The first-order chi connectivity index (χ1) is 16.0. The highest BCUT2D eigenvalue weighted by molar-refractivity contribution is 4.97. The second-order valence-corrected chi connectivity index (χ2v) is 14.0. The third-order valence-corrected chi connectivity index (χ3v) is 11.0. The minimum atomic E-state index is 0.481. The minimum Gasteiger partial charge on any atom is -0.267 e. The predicted molar refractivity (Wildman–Crippen MR) is 139 cm³/mol. The van der Waals surface area contributed by atoms with Gasteiger partial charge in [-0.15, -0.1) is 0 Å². The van der Waals surface area contributed by atoms with Crippen molar-refractivity contribution in [1.29, 1.82) is 0 Å². The molecule has 5 rings (SSSR count). The van der Waals surface area contributed by atoms with Crippen molar-refractivity contribution in [2.75, 3.05) is 0 Å². The van der Waals surface area contributed by atoms with Crippen LogP contribution in [0.3, 0.4) is 0 Å². The number of nitrogens with one attached hydrogen (secondary N) is 2. The molecule has 0 bridgehead atoms. The molecule has 0 aromatic heterocycles. The summed E-state index contributed by atoms with van der Waals surface area (Å²) in [6.45, 7) is 7.38. The highest BCUT2D eigenvalue weighted by atomic mass is 15.6. The number of hydrogen-bond donors (Lipinski definition) is 2. The smallest absolute Gasteiger partial charge is 0.0773 e. The van der Waals surface area contributed by atoms with Crippen LogP contribution >= 0.6 is 0 Å². The summed E-state index contributed by atoms with van der Waals surface area (Å²) in [6, 6.07) is 0.813. The standard InChI is InChI=1S/C30H55N3/c1-30(2,3)26-20-18-25(19-21-26)29-32-31-28(33(29)27-12-8-5-9-13-27)24-16-14-23(15-17-24)22-10-6-4-7-11-22/h22-29,31-32H,4-21H2,1-3H3. The molecule has 0 spiro atoms. The fourth-order valence-corrected chi connectivity index (χ4v) is 8.89. The molecule has 3 heteroatoms. The molecule has 1 heterocycles. The predicted octanol–water partition coefficient (Wildman–Crippen LogP) is 7.62. The molecule has 0 radical (unpaired) electrons. The number of hydrazine groups is 1. The molecular formula is C30H55N3. The molecule has 4 aliphatic carbocycles. The van der Waals surface area contributed by atoms with Crippen LogP contribution in [0, 0.1) is 35.0 Å². The van der Waals surface area contributed by atoms with Crippen LogP contribution in [-0.4, -0.2) is 23.3 Å². The van der Waals surface area contributed by atoms with Gasteiger partial charge in [-0.05, 0) is 99.2 Å². The van der Waals surface area contributed by atoms with Gasteiger partial charge in [0.2, 0.25) is 0 Å². The van der Waals surface area contributed by atoms with E-state index in [1.165, 1.54) is 116 Å². The summed E-state index contributed by atoms with van der Waals surface area (Å²) in [5, 5.41) is 0. The Balaban J connectivity index is 1.23. The molecule has 1 saturated heterocycles. The normalized spacial score (nSPS) is 40.8. The maximum Gasteiger partial charge on any atom is 0.0773 e. The lowest BCUT2D eigenvalue weighted by atomic mass is 9.69. The number of nitrogens with zero attached hydrogens (tertiary/aromatic N) is 1. The van der Waals surface area contributed by atoms with E-state index in [1.54, 1.807) is 0 Å². The van der Waals surface area contributed by atoms with Gasteiger partial charge in [-0.3, -0.25) is 4.90 Å². The summed E-state index contributed by atoms with van der Waals surface area (Å²) in [6.07, 6.45) is 27.6. The molecule has 0 amide bonds. The van der Waals surface area contributed by atoms with E-state index in [0.29, 0.717) is 17.7 Å². The van der Waals surface area contributed by atoms with Gasteiger partial charge in [0.1, 0.15) is 0 Å². The van der Waals surface area contributed by atoms with E-state index in [4.69, 9.17) is 0 Å². The van der Waals surface area contributed by atoms with E-state index in [-0.39, 0.29) is 0 Å². The van der Waals surface area contributed by atoms with Gasteiger partial charge in [0.05, 0.1) is 12.3 Å². The number of hydrogen-bond acceptors (Lipinski definition) is 3. The molecule has 5 aliphatic rings. The van der Waals surface area contributed by atoms with Crippen molar-refractivity contribution in [2.24, 2.45) is 35.0 Å². The molecule has 5 fully saturated rings. The Kier molecular flexibility index (Phi) is 8.09. The van der Waals surface area contributed by atoms with Gasteiger partial charge in [-0.1, -0.05) is 72.1 Å². The molecule has 190 valence electrons. The van der Waals surface area contributed by atoms with Crippen LogP contribution in [0.15, 0.2) is 0 Å². The Hall–Kier alpha value is -0.120. The summed E-state index contributed by atoms with van der Waals surface area (Å²) < 4.78 is 0. The van der Waals surface area contributed by atoms with Gasteiger partial charge >= 0.3 is 0 Å². The summed E-state index contributed by atoms with van der Waals surface area (Å²) in [5.41, 5.74) is 8.34. The first-order valence-electron chi connectivity index (χ1n) is 15.3. The molecule has 4 saturated carbocycles. The molecule has 1 aliphatic heterocycles. The van der Waals surface area contributed by atoms with Crippen molar-refractivity contribution in [3.05, 3.63) is 0 Å². The van der Waals surface area contributed by atoms with E-state index in [0.717, 1.165) is 35.6 Å². The zero-order chi connectivity index (χ0) is 22.8. The van der Waals surface area contributed by atoms with Crippen LogP contribution in [0.2, 0.25) is 0 Å². The topological polar surface area (TPSA) is 27.3 Å². The fourth-order valence-electron chi connectivity index (χ4n) is 8.89. The van der Waals surface area contributed by atoms with Gasteiger partial charge in [0.15, 0.2) is 0 Å². The van der Waals surface area contributed by atoms with E-state index in [1.807, 2.05) is 0 Å². The Morgan fingerprint density at radius 3 is 1.42 bits per heavy atom. The Morgan fingerprint density at radius 1 is 0.485 bits per heavy atom.